The Hall–Kier alpha value is -1.39. The second kappa shape index (κ2) is 8.67. The number of carbonyl (C=O) groups excluding carboxylic acids is 1. The molecule has 0 bridgehead atoms. The van der Waals surface area contributed by atoms with Crippen LogP contribution in [0.1, 0.15) is 38.3 Å². The quantitative estimate of drug-likeness (QED) is 0.707. The van der Waals surface area contributed by atoms with Crippen LogP contribution >= 0.6 is 0 Å². The van der Waals surface area contributed by atoms with Gasteiger partial charge in [0.2, 0.25) is 5.91 Å². The topological polar surface area (TPSA) is 58.6 Å². The molecular weight excluding hydrogens is 242 g/mol. The molecule has 1 aromatic rings. The van der Waals surface area contributed by atoms with Crippen molar-refractivity contribution in [1.29, 1.82) is 0 Å². The molecule has 0 aliphatic heterocycles. The number of unbranched alkanes of at least 4 members (excludes halogenated alkanes) is 1. The van der Waals surface area contributed by atoms with Gasteiger partial charge in [0.1, 0.15) is 6.10 Å². The number of ether oxygens (including phenoxy) is 1. The van der Waals surface area contributed by atoms with Crippen LogP contribution in [0.5, 0.6) is 0 Å². The molecule has 1 aromatic carbocycles. The fourth-order valence-corrected chi connectivity index (χ4v) is 1.69. The molecule has 0 heterocycles. The third-order valence-electron chi connectivity index (χ3n) is 2.94. The largest absolute Gasteiger partial charge is 0.394 e. The summed E-state index contributed by atoms with van der Waals surface area (Å²) in [6.45, 7) is 4.26. The Morgan fingerprint density at radius 2 is 2.05 bits per heavy atom. The summed E-state index contributed by atoms with van der Waals surface area (Å²) in [5, 5.41) is 12.2. The third kappa shape index (κ3) is 5.41. The lowest BCUT2D eigenvalue weighted by Crippen LogP contribution is -2.38. The molecule has 0 spiro atoms. The van der Waals surface area contributed by atoms with Crippen LogP contribution in [0.3, 0.4) is 0 Å². The van der Waals surface area contributed by atoms with Crippen molar-refractivity contribution < 1.29 is 14.6 Å². The average molecular weight is 265 g/mol. The number of amides is 1. The molecule has 0 radical (unpaired) electrons. The molecule has 19 heavy (non-hydrogen) atoms. The Morgan fingerprint density at radius 1 is 1.37 bits per heavy atom. The maximum atomic E-state index is 11.9. The standard InChI is InChI=1S/C15H23NO3/c1-3-4-10-19-12(2)15(18)16-14(11-17)13-8-6-5-7-9-13/h5-9,12,14,17H,3-4,10-11H2,1-2H3,(H,16,18)/t12?,14-/m1/s1. The van der Waals surface area contributed by atoms with E-state index in [1.165, 1.54) is 0 Å². The van der Waals surface area contributed by atoms with Crippen LogP contribution in [0.2, 0.25) is 0 Å². The highest BCUT2D eigenvalue weighted by molar-refractivity contribution is 5.80. The fraction of sp³-hybridized carbons (Fsp3) is 0.533. The van der Waals surface area contributed by atoms with Crippen LogP contribution in [0.15, 0.2) is 30.3 Å². The summed E-state index contributed by atoms with van der Waals surface area (Å²) in [5.74, 6) is -0.195. The minimum absolute atomic E-state index is 0.128. The molecule has 0 saturated heterocycles. The summed E-state index contributed by atoms with van der Waals surface area (Å²) in [6, 6.07) is 9.03. The molecule has 4 heteroatoms. The van der Waals surface area contributed by atoms with Gasteiger partial charge in [-0.05, 0) is 18.9 Å². The zero-order valence-electron chi connectivity index (χ0n) is 11.6. The van der Waals surface area contributed by atoms with Crippen molar-refractivity contribution in [3.05, 3.63) is 35.9 Å². The highest BCUT2D eigenvalue weighted by Gasteiger charge is 2.18. The molecule has 4 nitrogen and oxygen atoms in total. The van der Waals surface area contributed by atoms with E-state index in [1.54, 1.807) is 6.92 Å². The SMILES string of the molecule is CCCCOC(C)C(=O)N[C@H](CO)c1ccccc1. The molecule has 0 aromatic heterocycles. The van der Waals surface area contributed by atoms with Crippen molar-refractivity contribution in [2.75, 3.05) is 13.2 Å². The van der Waals surface area contributed by atoms with Gasteiger partial charge in [0.25, 0.3) is 0 Å². The van der Waals surface area contributed by atoms with Crippen molar-refractivity contribution in [3.63, 3.8) is 0 Å². The van der Waals surface area contributed by atoms with Crippen molar-refractivity contribution in [1.82, 2.24) is 5.32 Å². The fourth-order valence-electron chi connectivity index (χ4n) is 1.69. The maximum absolute atomic E-state index is 11.9. The summed E-state index contributed by atoms with van der Waals surface area (Å²) in [5.41, 5.74) is 0.888. The van der Waals surface area contributed by atoms with E-state index in [0.717, 1.165) is 18.4 Å². The number of nitrogens with one attached hydrogen (secondary N) is 1. The average Bonchev–Trinajstić information content (AvgIpc) is 2.45. The van der Waals surface area contributed by atoms with Gasteiger partial charge in [-0.1, -0.05) is 43.7 Å². The van der Waals surface area contributed by atoms with Gasteiger partial charge in [-0.2, -0.15) is 0 Å². The zero-order chi connectivity index (χ0) is 14.1. The summed E-state index contributed by atoms with van der Waals surface area (Å²) < 4.78 is 5.43. The van der Waals surface area contributed by atoms with Crippen LogP contribution in [-0.2, 0) is 9.53 Å². The minimum atomic E-state index is -0.496. The van der Waals surface area contributed by atoms with Crippen LogP contribution in [-0.4, -0.2) is 30.3 Å². The normalized spacial score (nSPS) is 13.8. The lowest BCUT2D eigenvalue weighted by atomic mass is 10.1. The van der Waals surface area contributed by atoms with Gasteiger partial charge in [0.15, 0.2) is 0 Å². The molecular formula is C15H23NO3. The number of benzene rings is 1. The smallest absolute Gasteiger partial charge is 0.249 e. The van der Waals surface area contributed by atoms with Crippen molar-refractivity contribution in [3.8, 4) is 0 Å². The molecule has 2 N–H and O–H groups in total. The van der Waals surface area contributed by atoms with E-state index < -0.39 is 6.10 Å². The Balaban J connectivity index is 2.49. The number of aliphatic hydroxyl groups excluding tert-OH is 1. The molecule has 1 amide bonds. The third-order valence-corrected chi connectivity index (χ3v) is 2.94. The Bertz CT molecular complexity index is 367. The lowest BCUT2D eigenvalue weighted by Gasteiger charge is -2.20. The van der Waals surface area contributed by atoms with Crippen LogP contribution < -0.4 is 5.32 Å². The van der Waals surface area contributed by atoms with E-state index in [1.807, 2.05) is 30.3 Å². The minimum Gasteiger partial charge on any atom is -0.394 e. The van der Waals surface area contributed by atoms with Crippen LogP contribution in [0, 0.1) is 0 Å². The highest BCUT2D eigenvalue weighted by Crippen LogP contribution is 2.12. The second-order valence-corrected chi connectivity index (χ2v) is 4.52. The highest BCUT2D eigenvalue weighted by atomic mass is 16.5. The number of carbonyl (C=O) groups is 1. The van der Waals surface area contributed by atoms with Crippen molar-refractivity contribution in [2.24, 2.45) is 0 Å². The Labute approximate surface area is 114 Å². The van der Waals surface area contributed by atoms with Gasteiger partial charge in [-0.25, -0.2) is 0 Å². The monoisotopic (exact) mass is 265 g/mol. The molecule has 2 atom stereocenters. The number of rotatable bonds is 8. The first-order valence-corrected chi connectivity index (χ1v) is 6.76. The molecule has 0 fully saturated rings. The predicted octanol–water partition coefficient (Wildman–Crippen LogP) is 2.04. The van der Waals surface area contributed by atoms with E-state index in [-0.39, 0.29) is 18.6 Å². The molecule has 1 unspecified atom stereocenters. The molecule has 1 rings (SSSR count). The number of aliphatic hydroxyl groups is 1. The van der Waals surface area contributed by atoms with Gasteiger partial charge in [0.05, 0.1) is 12.6 Å². The van der Waals surface area contributed by atoms with Crippen LogP contribution in [0.4, 0.5) is 0 Å². The van der Waals surface area contributed by atoms with E-state index >= 15 is 0 Å². The number of hydrogen-bond donors (Lipinski definition) is 2. The molecule has 0 aliphatic rings. The van der Waals surface area contributed by atoms with Crippen molar-refractivity contribution >= 4 is 5.91 Å². The molecule has 0 saturated carbocycles. The van der Waals surface area contributed by atoms with Gasteiger partial charge in [0, 0.05) is 6.61 Å². The summed E-state index contributed by atoms with van der Waals surface area (Å²) in [7, 11) is 0. The van der Waals surface area contributed by atoms with Gasteiger partial charge in [-0.3, -0.25) is 4.79 Å². The summed E-state index contributed by atoms with van der Waals surface area (Å²) in [4.78, 5) is 11.9. The lowest BCUT2D eigenvalue weighted by molar-refractivity contribution is -0.132. The maximum Gasteiger partial charge on any atom is 0.249 e. The second-order valence-electron chi connectivity index (χ2n) is 4.52. The zero-order valence-corrected chi connectivity index (χ0v) is 11.6. The summed E-state index contributed by atoms with van der Waals surface area (Å²) >= 11 is 0. The first-order valence-electron chi connectivity index (χ1n) is 6.76. The van der Waals surface area contributed by atoms with Gasteiger partial charge in [-0.15, -0.1) is 0 Å². The first-order chi connectivity index (χ1) is 9.19. The summed E-state index contributed by atoms with van der Waals surface area (Å²) in [6.07, 6.45) is 1.49. The van der Waals surface area contributed by atoms with Gasteiger partial charge >= 0.3 is 0 Å². The van der Waals surface area contributed by atoms with E-state index in [2.05, 4.69) is 12.2 Å². The Kier molecular flexibility index (Phi) is 7.15. The molecule has 0 aliphatic carbocycles. The van der Waals surface area contributed by atoms with E-state index in [9.17, 15) is 9.90 Å². The molecule has 106 valence electrons. The van der Waals surface area contributed by atoms with E-state index in [0.29, 0.717) is 6.61 Å². The number of hydrogen-bond acceptors (Lipinski definition) is 3. The van der Waals surface area contributed by atoms with Gasteiger partial charge < -0.3 is 15.2 Å². The van der Waals surface area contributed by atoms with Crippen molar-refractivity contribution in [2.45, 2.75) is 38.8 Å². The van der Waals surface area contributed by atoms with E-state index in [4.69, 9.17) is 4.74 Å². The predicted molar refractivity (Wildman–Crippen MR) is 74.7 cm³/mol. The Morgan fingerprint density at radius 3 is 2.63 bits per heavy atom. The van der Waals surface area contributed by atoms with Crippen LogP contribution in [0.25, 0.3) is 0 Å². The first kappa shape index (κ1) is 15.7.